The van der Waals surface area contributed by atoms with Gasteiger partial charge < -0.3 is 9.90 Å². The van der Waals surface area contributed by atoms with Gasteiger partial charge in [0.2, 0.25) is 16.6 Å². The van der Waals surface area contributed by atoms with E-state index in [9.17, 15) is 9.90 Å². The Morgan fingerprint density at radius 3 is 1.55 bits per heavy atom. The summed E-state index contributed by atoms with van der Waals surface area (Å²) in [5.74, 6) is -1.16. The van der Waals surface area contributed by atoms with E-state index in [1.165, 1.54) is 0 Å². The van der Waals surface area contributed by atoms with Crippen LogP contribution in [0.3, 0.4) is 0 Å². The van der Waals surface area contributed by atoms with Gasteiger partial charge in [0, 0.05) is 22.9 Å². The van der Waals surface area contributed by atoms with Crippen LogP contribution in [0.15, 0.2) is 103 Å². The molecule has 154 valence electrons. The number of aromatic carboxylic acids is 1. The molecule has 0 unspecified atom stereocenters. The summed E-state index contributed by atoms with van der Waals surface area (Å²) in [5.41, 5.74) is 5.75. The zero-order valence-electron chi connectivity index (χ0n) is 17.6. The lowest BCUT2D eigenvalue weighted by Crippen LogP contribution is -2.27. The van der Waals surface area contributed by atoms with Crippen LogP contribution in [-0.4, -0.2) is 5.97 Å². The molecule has 0 fully saturated rings. The highest BCUT2D eigenvalue weighted by molar-refractivity contribution is 6.22. The van der Waals surface area contributed by atoms with E-state index in [-0.39, 0.29) is 5.56 Å². The first-order chi connectivity index (χ1) is 16.2. The molecule has 3 heteroatoms. The Labute approximate surface area is 189 Å². The lowest BCUT2D eigenvalue weighted by Gasteiger charge is -2.14. The van der Waals surface area contributed by atoms with E-state index in [2.05, 4.69) is 65.1 Å². The van der Waals surface area contributed by atoms with Crippen LogP contribution in [0.1, 0.15) is 10.4 Å². The molecule has 3 heterocycles. The van der Waals surface area contributed by atoms with Crippen molar-refractivity contribution >= 4 is 54.8 Å². The summed E-state index contributed by atoms with van der Waals surface area (Å²) < 4.78 is 2.29. The molecular formula is C30H17NO2. The van der Waals surface area contributed by atoms with E-state index in [1.54, 1.807) is 12.1 Å². The molecule has 0 amide bonds. The number of rotatable bonds is 2. The Bertz CT molecular complexity index is 1780. The van der Waals surface area contributed by atoms with E-state index >= 15 is 0 Å². The van der Waals surface area contributed by atoms with Gasteiger partial charge in [-0.15, -0.1) is 0 Å². The number of carboxylic acids is 1. The second-order valence-corrected chi connectivity index (χ2v) is 8.51. The number of carbonyl (C=O) groups is 1. The van der Waals surface area contributed by atoms with Gasteiger partial charge in [0.05, 0.1) is 27.5 Å². The van der Waals surface area contributed by atoms with Crippen molar-refractivity contribution in [3.63, 3.8) is 0 Å². The first-order valence-electron chi connectivity index (χ1n) is 11.0. The predicted octanol–water partition coefficient (Wildman–Crippen LogP) is 5.51. The first kappa shape index (κ1) is 18.1. The van der Waals surface area contributed by atoms with Crippen molar-refractivity contribution in [3.8, 4) is 11.1 Å². The molecule has 0 saturated heterocycles. The van der Waals surface area contributed by atoms with Crippen molar-refractivity contribution in [2.45, 2.75) is 0 Å². The molecule has 0 saturated carbocycles. The third-order valence-electron chi connectivity index (χ3n) is 6.73. The van der Waals surface area contributed by atoms with Crippen LogP contribution < -0.4 is 9.51 Å². The fourth-order valence-electron chi connectivity index (χ4n) is 5.32. The third-order valence-corrected chi connectivity index (χ3v) is 6.73. The van der Waals surface area contributed by atoms with Gasteiger partial charge in [-0.25, -0.2) is 0 Å². The van der Waals surface area contributed by atoms with E-state index in [4.69, 9.17) is 0 Å². The number of nitrogens with zero attached hydrogens (tertiary/aromatic N) is 1. The van der Waals surface area contributed by atoms with Crippen molar-refractivity contribution in [1.29, 1.82) is 0 Å². The maximum absolute atomic E-state index is 11.9. The highest BCUT2D eigenvalue weighted by Crippen LogP contribution is 2.37. The monoisotopic (exact) mass is 423 g/mol. The fraction of sp³-hybridized carbons (Fsp3) is 0. The molecule has 33 heavy (non-hydrogen) atoms. The maximum atomic E-state index is 11.9. The highest BCUT2D eigenvalue weighted by Gasteiger charge is 2.25. The number of hydrogen-bond donors (Lipinski definition) is 0. The first-order valence-corrected chi connectivity index (χ1v) is 11.0. The van der Waals surface area contributed by atoms with Crippen LogP contribution in [0.2, 0.25) is 0 Å². The standard InChI is InChI=1S/C30H17NO2/c32-30(33)20-14-25-21-10-4-6-12-23(21)27-16-19(18-8-2-1-3-9-18)17-28-24-13-7-5-11-22(24)26(15-20)29(25)31(27)28/h1-17H. The fourth-order valence-corrected chi connectivity index (χ4v) is 5.32. The van der Waals surface area contributed by atoms with Crippen LogP contribution in [-0.2, 0) is 0 Å². The number of carboxylic acid groups (broad SMARTS) is 1. The largest absolute Gasteiger partial charge is 0.545 e. The van der Waals surface area contributed by atoms with Crippen LogP contribution in [0, 0.1) is 0 Å². The van der Waals surface area contributed by atoms with Gasteiger partial charge in [0.25, 0.3) is 0 Å². The molecule has 0 aliphatic rings. The number of carbonyl (C=O) groups excluding carboxylic acids is 1. The summed E-state index contributed by atoms with van der Waals surface area (Å²) in [6, 6.07) is 34.9. The lowest BCUT2D eigenvalue weighted by molar-refractivity contribution is -0.448. The van der Waals surface area contributed by atoms with E-state index in [1.807, 2.05) is 30.3 Å². The van der Waals surface area contributed by atoms with Gasteiger partial charge in [-0.3, -0.25) is 0 Å². The minimum atomic E-state index is -1.16. The van der Waals surface area contributed by atoms with Gasteiger partial charge in [-0.05, 0) is 41.0 Å². The Balaban J connectivity index is 1.84. The Morgan fingerprint density at radius 2 is 1.03 bits per heavy atom. The van der Waals surface area contributed by atoms with Crippen LogP contribution in [0.4, 0.5) is 0 Å². The molecule has 4 aromatic carbocycles. The van der Waals surface area contributed by atoms with Crippen LogP contribution in [0.25, 0.3) is 60.0 Å². The minimum absolute atomic E-state index is 0.196. The quantitative estimate of drug-likeness (QED) is 0.209. The van der Waals surface area contributed by atoms with Crippen molar-refractivity contribution in [3.05, 3.63) is 109 Å². The molecule has 7 rings (SSSR count). The van der Waals surface area contributed by atoms with E-state index < -0.39 is 5.97 Å². The number of aromatic nitrogens is 1. The molecule has 0 spiro atoms. The molecule has 7 aromatic rings. The zero-order chi connectivity index (χ0) is 22.1. The summed E-state index contributed by atoms with van der Waals surface area (Å²) in [6.45, 7) is 0. The minimum Gasteiger partial charge on any atom is -0.545 e. The molecular weight excluding hydrogens is 406 g/mol. The summed E-state index contributed by atoms with van der Waals surface area (Å²) in [5, 5.41) is 18.0. The average molecular weight is 423 g/mol. The van der Waals surface area contributed by atoms with Gasteiger partial charge >= 0.3 is 0 Å². The molecule has 0 aliphatic carbocycles. The topological polar surface area (TPSA) is 44.2 Å². The predicted molar refractivity (Wildman–Crippen MR) is 131 cm³/mol. The Morgan fingerprint density at radius 1 is 0.545 bits per heavy atom. The molecule has 0 bridgehead atoms. The molecule has 0 aliphatic heterocycles. The van der Waals surface area contributed by atoms with E-state index in [0.717, 1.165) is 60.0 Å². The second-order valence-electron chi connectivity index (χ2n) is 8.51. The Kier molecular flexibility index (Phi) is 3.57. The van der Waals surface area contributed by atoms with Crippen molar-refractivity contribution in [1.82, 2.24) is 0 Å². The lowest BCUT2D eigenvalue weighted by atomic mass is 9.93. The highest BCUT2D eigenvalue weighted by atomic mass is 16.4. The SMILES string of the molecule is O=C([O-])c1cc2c3ccccc3c3cc(-c4ccccc4)cc4c5ccccc5c(c1)c2[n+]34. The van der Waals surface area contributed by atoms with E-state index in [0.29, 0.717) is 0 Å². The molecule has 0 atom stereocenters. The van der Waals surface area contributed by atoms with Crippen LogP contribution in [0.5, 0.6) is 0 Å². The van der Waals surface area contributed by atoms with Crippen LogP contribution >= 0.6 is 0 Å². The summed E-state index contributed by atoms with van der Waals surface area (Å²) in [4.78, 5) is 11.9. The second kappa shape index (κ2) is 6.50. The number of fused-ring (bicyclic) bond motifs is 6. The smallest absolute Gasteiger partial charge is 0.227 e. The van der Waals surface area contributed by atoms with Crippen molar-refractivity contribution < 1.29 is 14.3 Å². The normalized spacial score (nSPS) is 11.9. The zero-order valence-corrected chi connectivity index (χ0v) is 17.6. The number of pyridine rings is 3. The number of hydrogen-bond acceptors (Lipinski definition) is 2. The number of benzene rings is 4. The molecule has 3 nitrogen and oxygen atoms in total. The summed E-state index contributed by atoms with van der Waals surface area (Å²) >= 11 is 0. The molecule has 0 N–H and O–H groups in total. The summed E-state index contributed by atoms with van der Waals surface area (Å²) in [6.07, 6.45) is 0. The van der Waals surface area contributed by atoms with Gasteiger partial charge in [-0.2, -0.15) is 4.40 Å². The molecule has 3 aromatic heterocycles. The van der Waals surface area contributed by atoms with Crippen molar-refractivity contribution in [2.24, 2.45) is 0 Å². The summed E-state index contributed by atoms with van der Waals surface area (Å²) in [7, 11) is 0. The van der Waals surface area contributed by atoms with Gasteiger partial charge in [0.15, 0.2) is 0 Å². The molecule has 0 radical (unpaired) electrons. The Hall–Kier alpha value is -4.50. The van der Waals surface area contributed by atoms with Gasteiger partial charge in [-0.1, -0.05) is 66.7 Å². The third kappa shape index (κ3) is 2.45. The maximum Gasteiger partial charge on any atom is 0.227 e. The van der Waals surface area contributed by atoms with Gasteiger partial charge in [0.1, 0.15) is 0 Å². The average Bonchev–Trinajstić information content (AvgIpc) is 2.88. The van der Waals surface area contributed by atoms with Crippen molar-refractivity contribution in [2.75, 3.05) is 0 Å².